The zero-order valence-electron chi connectivity index (χ0n) is 14.1. The van der Waals surface area contributed by atoms with Gasteiger partial charge in [-0.1, -0.05) is 28.1 Å². The summed E-state index contributed by atoms with van der Waals surface area (Å²) in [7, 11) is 0. The van der Waals surface area contributed by atoms with Crippen LogP contribution in [0, 0.1) is 25.2 Å². The number of halogens is 1. The number of aryl methyl sites for hydroxylation is 1. The number of nitrogens with zero attached hydrogens (tertiary/aromatic N) is 1. The standard InChI is InChI=1S/C19H17BrN2O3/c1-4-25-19(24)16-11(2)17(22-12(16)3)18(23)14(10-21)9-13-5-7-15(20)8-6-13/h5-9,22H,4H2,1-3H3/b14-9+. The molecule has 0 atom stereocenters. The number of benzene rings is 1. The molecule has 128 valence electrons. The molecule has 0 aliphatic heterocycles. The van der Waals surface area contributed by atoms with Crippen LogP contribution in [0.5, 0.6) is 0 Å². The number of nitrogens with one attached hydrogen (secondary N) is 1. The highest BCUT2D eigenvalue weighted by Crippen LogP contribution is 2.22. The molecular weight excluding hydrogens is 384 g/mol. The van der Waals surface area contributed by atoms with Crippen molar-refractivity contribution >= 4 is 33.8 Å². The first-order valence-electron chi connectivity index (χ1n) is 7.67. The van der Waals surface area contributed by atoms with E-state index in [2.05, 4.69) is 20.9 Å². The number of esters is 1. The van der Waals surface area contributed by atoms with Crippen molar-refractivity contribution in [1.82, 2.24) is 4.98 Å². The Morgan fingerprint density at radius 2 is 1.92 bits per heavy atom. The van der Waals surface area contributed by atoms with Crippen LogP contribution in [0.25, 0.3) is 6.08 Å². The lowest BCUT2D eigenvalue weighted by molar-refractivity contribution is 0.0525. The first kappa shape index (κ1) is 18.7. The van der Waals surface area contributed by atoms with Gasteiger partial charge < -0.3 is 9.72 Å². The van der Waals surface area contributed by atoms with Crippen LogP contribution in [0.15, 0.2) is 34.3 Å². The fourth-order valence-electron chi connectivity index (χ4n) is 2.50. The molecule has 1 N–H and O–H groups in total. The van der Waals surface area contributed by atoms with Crippen molar-refractivity contribution in [3.63, 3.8) is 0 Å². The average molecular weight is 401 g/mol. The van der Waals surface area contributed by atoms with E-state index >= 15 is 0 Å². The van der Waals surface area contributed by atoms with Gasteiger partial charge in [0.15, 0.2) is 0 Å². The van der Waals surface area contributed by atoms with Gasteiger partial charge in [-0.05, 0) is 50.1 Å². The number of rotatable bonds is 5. The number of carbonyl (C=O) groups excluding carboxylic acids is 2. The van der Waals surface area contributed by atoms with Crippen molar-refractivity contribution in [2.75, 3.05) is 6.61 Å². The first-order chi connectivity index (χ1) is 11.9. The number of ketones is 1. The summed E-state index contributed by atoms with van der Waals surface area (Å²) in [5.41, 5.74) is 2.32. The van der Waals surface area contributed by atoms with E-state index in [9.17, 15) is 14.9 Å². The SMILES string of the molecule is CCOC(=O)c1c(C)[nH]c(C(=O)/C(C#N)=C/c2ccc(Br)cc2)c1C. The number of aromatic nitrogens is 1. The number of hydrogen-bond donors (Lipinski definition) is 1. The monoisotopic (exact) mass is 400 g/mol. The Hall–Kier alpha value is -2.65. The van der Waals surface area contributed by atoms with Crippen LogP contribution in [0.4, 0.5) is 0 Å². The van der Waals surface area contributed by atoms with E-state index in [1.165, 1.54) is 6.08 Å². The normalized spacial score (nSPS) is 11.1. The number of aromatic amines is 1. The molecule has 2 aromatic rings. The van der Waals surface area contributed by atoms with Crippen molar-refractivity contribution in [3.8, 4) is 6.07 Å². The van der Waals surface area contributed by atoms with Crippen molar-refractivity contribution < 1.29 is 14.3 Å². The minimum Gasteiger partial charge on any atom is -0.462 e. The Morgan fingerprint density at radius 3 is 2.48 bits per heavy atom. The van der Waals surface area contributed by atoms with Gasteiger partial charge >= 0.3 is 5.97 Å². The molecule has 1 heterocycles. The molecule has 0 aliphatic rings. The summed E-state index contributed by atoms with van der Waals surface area (Å²) in [6, 6.07) is 9.19. The Labute approximate surface area is 154 Å². The zero-order chi connectivity index (χ0) is 18.6. The molecule has 0 amide bonds. The molecule has 0 radical (unpaired) electrons. The zero-order valence-corrected chi connectivity index (χ0v) is 15.7. The van der Waals surface area contributed by atoms with Gasteiger partial charge in [0.1, 0.15) is 11.6 Å². The van der Waals surface area contributed by atoms with E-state index < -0.39 is 11.8 Å². The molecule has 0 bridgehead atoms. The highest BCUT2D eigenvalue weighted by atomic mass is 79.9. The third-order valence-corrected chi connectivity index (χ3v) is 4.22. The quantitative estimate of drug-likeness (QED) is 0.349. The van der Waals surface area contributed by atoms with Crippen LogP contribution in [0.3, 0.4) is 0 Å². The van der Waals surface area contributed by atoms with E-state index in [-0.39, 0.29) is 17.9 Å². The molecule has 0 saturated carbocycles. The minimum absolute atomic E-state index is 0.0120. The number of H-pyrrole nitrogens is 1. The van der Waals surface area contributed by atoms with Crippen LogP contribution in [0.1, 0.15) is 44.6 Å². The summed E-state index contributed by atoms with van der Waals surface area (Å²) in [4.78, 5) is 27.7. The third kappa shape index (κ3) is 4.06. The molecule has 0 unspecified atom stereocenters. The predicted octanol–water partition coefficient (Wildman–Crippen LogP) is 4.36. The molecule has 1 aromatic heterocycles. The molecule has 0 aliphatic carbocycles. The highest BCUT2D eigenvalue weighted by molar-refractivity contribution is 9.10. The van der Waals surface area contributed by atoms with Crippen molar-refractivity contribution in [2.24, 2.45) is 0 Å². The van der Waals surface area contributed by atoms with Crippen LogP contribution >= 0.6 is 15.9 Å². The molecular formula is C19H17BrN2O3. The number of Topliss-reactive ketones (excluding diaryl/α,β-unsaturated/α-hetero) is 1. The van der Waals surface area contributed by atoms with Crippen LogP contribution in [-0.2, 0) is 4.74 Å². The fraction of sp³-hybridized carbons (Fsp3) is 0.211. The summed E-state index contributed by atoms with van der Waals surface area (Å²) in [6.07, 6.45) is 1.52. The molecule has 0 fully saturated rings. The number of nitriles is 1. The molecule has 1 aromatic carbocycles. The lowest BCUT2D eigenvalue weighted by Crippen LogP contribution is -2.08. The van der Waals surface area contributed by atoms with E-state index in [1.54, 1.807) is 32.9 Å². The second kappa shape index (κ2) is 7.95. The second-order valence-electron chi connectivity index (χ2n) is 5.40. The number of ether oxygens (including phenoxy) is 1. The number of allylic oxidation sites excluding steroid dienone is 1. The van der Waals surface area contributed by atoms with Gasteiger partial charge in [-0.2, -0.15) is 5.26 Å². The van der Waals surface area contributed by atoms with Gasteiger partial charge in [0.25, 0.3) is 0 Å². The maximum atomic E-state index is 12.7. The van der Waals surface area contributed by atoms with Crippen molar-refractivity contribution in [1.29, 1.82) is 5.26 Å². The molecule has 25 heavy (non-hydrogen) atoms. The summed E-state index contributed by atoms with van der Waals surface area (Å²) in [5.74, 6) is -0.940. The Kier molecular flexibility index (Phi) is 5.94. The molecule has 0 saturated heterocycles. The smallest absolute Gasteiger partial charge is 0.340 e. The Morgan fingerprint density at radius 1 is 1.28 bits per heavy atom. The largest absolute Gasteiger partial charge is 0.462 e. The van der Waals surface area contributed by atoms with E-state index in [1.807, 2.05) is 18.2 Å². The average Bonchev–Trinajstić information content (AvgIpc) is 2.88. The third-order valence-electron chi connectivity index (χ3n) is 3.69. The summed E-state index contributed by atoms with van der Waals surface area (Å²) in [5, 5.41) is 9.38. The maximum Gasteiger partial charge on any atom is 0.340 e. The molecule has 6 heteroatoms. The fourth-order valence-corrected chi connectivity index (χ4v) is 2.76. The van der Waals surface area contributed by atoms with Crippen molar-refractivity contribution in [2.45, 2.75) is 20.8 Å². The van der Waals surface area contributed by atoms with Crippen molar-refractivity contribution in [3.05, 3.63) is 62.4 Å². The van der Waals surface area contributed by atoms with Gasteiger partial charge in [0, 0.05) is 10.2 Å². The number of carbonyl (C=O) groups is 2. The topological polar surface area (TPSA) is 83.0 Å². The van der Waals surface area contributed by atoms with Crippen LogP contribution in [0.2, 0.25) is 0 Å². The van der Waals surface area contributed by atoms with Gasteiger partial charge in [0.2, 0.25) is 5.78 Å². The van der Waals surface area contributed by atoms with E-state index in [0.29, 0.717) is 16.8 Å². The Balaban J connectivity index is 2.42. The molecule has 5 nitrogen and oxygen atoms in total. The van der Waals surface area contributed by atoms with Crippen LogP contribution < -0.4 is 0 Å². The van der Waals surface area contributed by atoms with E-state index in [0.717, 1.165) is 10.0 Å². The molecule has 2 rings (SSSR count). The van der Waals surface area contributed by atoms with Crippen LogP contribution in [-0.4, -0.2) is 23.3 Å². The van der Waals surface area contributed by atoms with E-state index in [4.69, 9.17) is 4.74 Å². The van der Waals surface area contributed by atoms with Gasteiger partial charge in [0.05, 0.1) is 17.9 Å². The summed E-state index contributed by atoms with van der Waals surface area (Å²) < 4.78 is 5.93. The summed E-state index contributed by atoms with van der Waals surface area (Å²) >= 11 is 3.34. The molecule has 0 spiro atoms. The Bertz CT molecular complexity index is 887. The van der Waals surface area contributed by atoms with Gasteiger partial charge in [-0.25, -0.2) is 4.79 Å². The lowest BCUT2D eigenvalue weighted by atomic mass is 10.0. The maximum absolute atomic E-state index is 12.7. The van der Waals surface area contributed by atoms with Gasteiger partial charge in [-0.15, -0.1) is 0 Å². The first-order valence-corrected chi connectivity index (χ1v) is 8.46. The number of hydrogen-bond acceptors (Lipinski definition) is 4. The highest BCUT2D eigenvalue weighted by Gasteiger charge is 2.24. The summed E-state index contributed by atoms with van der Waals surface area (Å²) in [6.45, 7) is 5.33. The minimum atomic E-state index is -0.483. The lowest BCUT2D eigenvalue weighted by Gasteiger charge is -2.03. The predicted molar refractivity (Wildman–Crippen MR) is 98.3 cm³/mol. The second-order valence-corrected chi connectivity index (χ2v) is 6.31. The van der Waals surface area contributed by atoms with Gasteiger partial charge in [-0.3, -0.25) is 4.79 Å².